The van der Waals surface area contributed by atoms with Crippen LogP contribution in [-0.2, 0) is 9.59 Å². The van der Waals surface area contributed by atoms with Crippen molar-refractivity contribution in [2.24, 2.45) is 0 Å². The Morgan fingerprint density at radius 2 is 1.77 bits per heavy atom. The predicted octanol–water partition coefficient (Wildman–Crippen LogP) is 3.70. The van der Waals surface area contributed by atoms with Crippen LogP contribution in [0.15, 0.2) is 48.5 Å². The second-order valence-electron chi connectivity index (χ2n) is 5.43. The molecule has 0 radical (unpaired) electrons. The summed E-state index contributed by atoms with van der Waals surface area (Å²) in [6, 6.07) is 12.4. The van der Waals surface area contributed by atoms with E-state index in [1.807, 2.05) is 19.1 Å². The number of ether oxygens (including phenoxy) is 2. The van der Waals surface area contributed by atoms with Crippen LogP contribution in [0.2, 0.25) is 0 Å². The van der Waals surface area contributed by atoms with Gasteiger partial charge in [0.25, 0.3) is 0 Å². The normalized spacial score (nSPS) is 10.4. The van der Waals surface area contributed by atoms with E-state index in [4.69, 9.17) is 9.47 Å². The monoisotopic (exact) mass is 354 g/mol. The van der Waals surface area contributed by atoms with Crippen LogP contribution in [0.25, 0.3) is 6.08 Å². The second-order valence-corrected chi connectivity index (χ2v) is 5.43. The third-order valence-electron chi connectivity index (χ3n) is 3.37. The van der Waals surface area contributed by atoms with Crippen molar-refractivity contribution in [2.45, 2.75) is 13.8 Å². The Labute approximate surface area is 152 Å². The van der Waals surface area contributed by atoms with Crippen molar-refractivity contribution in [1.82, 2.24) is 0 Å². The topological polar surface area (TPSA) is 76.7 Å². The maximum Gasteiger partial charge on any atom is 0.248 e. The lowest BCUT2D eigenvalue weighted by Crippen LogP contribution is -2.09. The lowest BCUT2D eigenvalue weighted by Gasteiger charge is -2.09. The molecule has 2 aromatic rings. The van der Waals surface area contributed by atoms with E-state index in [1.165, 1.54) is 13.0 Å². The van der Waals surface area contributed by atoms with Crippen molar-refractivity contribution in [3.8, 4) is 11.5 Å². The zero-order valence-corrected chi connectivity index (χ0v) is 15.0. The molecular weight excluding hydrogens is 332 g/mol. The van der Waals surface area contributed by atoms with Gasteiger partial charge in [-0.1, -0.05) is 12.1 Å². The Balaban J connectivity index is 2.05. The Morgan fingerprint density at radius 1 is 1.04 bits per heavy atom. The molecule has 0 aliphatic rings. The summed E-state index contributed by atoms with van der Waals surface area (Å²) >= 11 is 0. The van der Waals surface area contributed by atoms with Gasteiger partial charge < -0.3 is 20.1 Å². The van der Waals surface area contributed by atoms with E-state index in [-0.39, 0.29) is 11.8 Å². The van der Waals surface area contributed by atoms with Gasteiger partial charge in [-0.2, -0.15) is 0 Å². The van der Waals surface area contributed by atoms with Crippen molar-refractivity contribution in [3.05, 3.63) is 54.1 Å². The third kappa shape index (κ3) is 5.66. The number of nitrogens with one attached hydrogen (secondary N) is 2. The SMILES string of the molecule is CCOc1cc(/C=C/C(=O)Nc2cccc(NC(C)=O)c2)ccc1OC. The van der Waals surface area contributed by atoms with Crippen LogP contribution in [0.1, 0.15) is 19.4 Å². The molecule has 0 aromatic heterocycles. The van der Waals surface area contributed by atoms with Gasteiger partial charge in [0, 0.05) is 24.4 Å². The summed E-state index contributed by atoms with van der Waals surface area (Å²) in [4.78, 5) is 23.2. The molecule has 0 unspecified atom stereocenters. The van der Waals surface area contributed by atoms with E-state index in [9.17, 15) is 9.59 Å². The van der Waals surface area contributed by atoms with E-state index in [0.29, 0.717) is 29.5 Å². The fourth-order valence-corrected chi connectivity index (χ4v) is 2.30. The Kier molecular flexibility index (Phi) is 6.79. The van der Waals surface area contributed by atoms with E-state index < -0.39 is 0 Å². The van der Waals surface area contributed by atoms with Crippen molar-refractivity contribution in [3.63, 3.8) is 0 Å². The Morgan fingerprint density at radius 3 is 2.42 bits per heavy atom. The summed E-state index contributed by atoms with van der Waals surface area (Å²) in [7, 11) is 1.58. The lowest BCUT2D eigenvalue weighted by atomic mass is 10.2. The minimum absolute atomic E-state index is 0.169. The standard InChI is InChI=1S/C20H22N2O4/c1-4-26-19-12-15(8-10-18(19)25-3)9-11-20(24)22-17-7-5-6-16(13-17)21-14(2)23/h5-13H,4H2,1-3H3,(H,21,23)(H,22,24)/b11-9+. The molecule has 0 fully saturated rings. The molecule has 2 amide bonds. The van der Waals surface area contributed by atoms with Gasteiger partial charge in [0.2, 0.25) is 11.8 Å². The van der Waals surface area contributed by atoms with Crippen molar-refractivity contribution in [1.29, 1.82) is 0 Å². The van der Waals surface area contributed by atoms with E-state index in [0.717, 1.165) is 5.56 Å². The molecule has 0 heterocycles. The molecule has 0 bridgehead atoms. The van der Waals surface area contributed by atoms with Gasteiger partial charge in [0.15, 0.2) is 11.5 Å². The molecule has 0 saturated heterocycles. The summed E-state index contributed by atoms with van der Waals surface area (Å²) in [6.45, 7) is 3.85. The highest BCUT2D eigenvalue weighted by atomic mass is 16.5. The number of hydrogen-bond acceptors (Lipinski definition) is 4. The Hall–Kier alpha value is -3.28. The second kappa shape index (κ2) is 9.27. The first-order valence-corrected chi connectivity index (χ1v) is 8.19. The van der Waals surface area contributed by atoms with E-state index >= 15 is 0 Å². The summed E-state index contributed by atoms with van der Waals surface area (Å²) < 4.78 is 10.8. The van der Waals surface area contributed by atoms with Crippen LogP contribution in [0.5, 0.6) is 11.5 Å². The minimum atomic E-state index is -0.279. The van der Waals surface area contributed by atoms with Gasteiger partial charge in [0.1, 0.15) is 0 Å². The smallest absolute Gasteiger partial charge is 0.248 e. The maximum absolute atomic E-state index is 12.1. The highest BCUT2D eigenvalue weighted by Crippen LogP contribution is 2.28. The Bertz CT molecular complexity index is 815. The minimum Gasteiger partial charge on any atom is -0.493 e. The third-order valence-corrected chi connectivity index (χ3v) is 3.37. The molecule has 0 atom stereocenters. The van der Waals surface area contributed by atoms with Gasteiger partial charge >= 0.3 is 0 Å². The molecule has 6 heteroatoms. The number of carbonyl (C=O) groups excluding carboxylic acids is 2. The zero-order valence-electron chi connectivity index (χ0n) is 15.0. The van der Waals surface area contributed by atoms with Crippen LogP contribution >= 0.6 is 0 Å². The molecule has 0 aliphatic carbocycles. The average Bonchev–Trinajstić information content (AvgIpc) is 2.60. The van der Waals surface area contributed by atoms with Gasteiger partial charge in [0.05, 0.1) is 13.7 Å². The van der Waals surface area contributed by atoms with Crippen LogP contribution in [0.4, 0.5) is 11.4 Å². The number of hydrogen-bond donors (Lipinski definition) is 2. The molecule has 0 aliphatic heterocycles. The number of rotatable bonds is 7. The van der Waals surface area contributed by atoms with Gasteiger partial charge in [-0.3, -0.25) is 9.59 Å². The average molecular weight is 354 g/mol. The van der Waals surface area contributed by atoms with Gasteiger partial charge in [-0.05, 0) is 48.9 Å². The molecule has 26 heavy (non-hydrogen) atoms. The molecular formula is C20H22N2O4. The molecule has 0 spiro atoms. The largest absolute Gasteiger partial charge is 0.493 e. The van der Waals surface area contributed by atoms with E-state index in [1.54, 1.807) is 43.5 Å². The number of benzene rings is 2. The predicted molar refractivity (Wildman–Crippen MR) is 103 cm³/mol. The van der Waals surface area contributed by atoms with Crippen LogP contribution < -0.4 is 20.1 Å². The highest BCUT2D eigenvalue weighted by Gasteiger charge is 2.05. The first kappa shape index (κ1) is 19.1. The fourth-order valence-electron chi connectivity index (χ4n) is 2.30. The molecule has 0 saturated carbocycles. The molecule has 136 valence electrons. The van der Waals surface area contributed by atoms with Gasteiger partial charge in [-0.15, -0.1) is 0 Å². The van der Waals surface area contributed by atoms with E-state index in [2.05, 4.69) is 10.6 Å². The zero-order chi connectivity index (χ0) is 18.9. The summed E-state index contributed by atoms with van der Waals surface area (Å²) in [5.74, 6) is 0.820. The maximum atomic E-state index is 12.1. The molecule has 6 nitrogen and oxygen atoms in total. The fraction of sp³-hybridized carbons (Fsp3) is 0.200. The van der Waals surface area contributed by atoms with Crippen LogP contribution in [-0.4, -0.2) is 25.5 Å². The van der Waals surface area contributed by atoms with Crippen LogP contribution in [0, 0.1) is 0 Å². The summed E-state index contributed by atoms with van der Waals surface area (Å²) in [5.41, 5.74) is 2.03. The quantitative estimate of drug-likeness (QED) is 0.743. The molecule has 2 aromatic carbocycles. The first-order chi connectivity index (χ1) is 12.5. The van der Waals surface area contributed by atoms with Gasteiger partial charge in [-0.25, -0.2) is 0 Å². The number of carbonyl (C=O) groups is 2. The molecule has 2 N–H and O–H groups in total. The van der Waals surface area contributed by atoms with Crippen molar-refractivity contribution < 1.29 is 19.1 Å². The summed E-state index contributed by atoms with van der Waals surface area (Å²) in [6.07, 6.45) is 3.12. The highest BCUT2D eigenvalue weighted by molar-refractivity contribution is 6.02. The number of amides is 2. The molecule has 2 rings (SSSR count). The lowest BCUT2D eigenvalue weighted by molar-refractivity contribution is -0.114. The summed E-state index contributed by atoms with van der Waals surface area (Å²) in [5, 5.41) is 5.43. The number of methoxy groups -OCH3 is 1. The number of anilines is 2. The van der Waals surface area contributed by atoms with Crippen molar-refractivity contribution in [2.75, 3.05) is 24.4 Å². The first-order valence-electron chi connectivity index (χ1n) is 8.19. The van der Waals surface area contributed by atoms with Crippen molar-refractivity contribution >= 4 is 29.3 Å². The van der Waals surface area contributed by atoms with Crippen LogP contribution in [0.3, 0.4) is 0 Å².